The van der Waals surface area contributed by atoms with Crippen molar-refractivity contribution >= 4 is 0 Å². The Hall–Kier alpha value is -1.96. The number of hydrogen-bond donors (Lipinski definition) is 0. The smallest absolute Gasteiger partial charge is 0.240 e. The summed E-state index contributed by atoms with van der Waals surface area (Å²) in [5.74, 6) is 3.69. The third kappa shape index (κ3) is 4.49. The van der Waals surface area contributed by atoms with Crippen molar-refractivity contribution in [2.24, 2.45) is 11.8 Å². The lowest BCUT2D eigenvalue weighted by Gasteiger charge is -2.57. The lowest BCUT2D eigenvalue weighted by atomic mass is 9.71. The molecule has 0 unspecified atom stereocenters. The maximum Gasteiger partial charge on any atom is 0.240 e. The Labute approximate surface area is 184 Å². The second-order valence-corrected chi connectivity index (χ2v) is 9.41. The van der Waals surface area contributed by atoms with Gasteiger partial charge in [0.1, 0.15) is 12.4 Å². The zero-order valence-corrected chi connectivity index (χ0v) is 18.7. The molecule has 4 heterocycles. The number of hydrogen-bond acceptors (Lipinski definition) is 7. The standard InChI is InChI=1S/C24H34N4O3/c1-29-16-23-25-24(31-26-23)15-27-13-18-12-19(14-27)22(28-9-4-3-8-21(18)28)11-17-6-5-7-20(10-17)30-2/h5-7,10,18-19,21-22H,3-4,8-9,11-16H2,1-2H3/t18-,19+,21+,22+/m1/s1. The van der Waals surface area contributed by atoms with E-state index in [4.69, 9.17) is 14.0 Å². The minimum absolute atomic E-state index is 0.397. The SMILES string of the molecule is COCc1noc(CN2C[C@H]3C[C@@H](C2)[C@H](Cc2cccc(OC)c2)N2CCCC[C@@H]32)n1. The topological polar surface area (TPSA) is 63.9 Å². The molecule has 5 rings (SSSR count). The monoisotopic (exact) mass is 426 g/mol. The molecular weight excluding hydrogens is 392 g/mol. The number of fused-ring (bicyclic) bond motifs is 4. The van der Waals surface area contributed by atoms with Crippen LogP contribution in [-0.4, -0.2) is 65.9 Å². The van der Waals surface area contributed by atoms with Crippen LogP contribution in [0, 0.1) is 11.8 Å². The first-order valence-corrected chi connectivity index (χ1v) is 11.6. The fourth-order valence-corrected chi connectivity index (χ4v) is 6.19. The number of methoxy groups -OCH3 is 2. The maximum atomic E-state index is 5.49. The molecule has 0 amide bonds. The Morgan fingerprint density at radius 1 is 1.16 bits per heavy atom. The van der Waals surface area contributed by atoms with Crippen molar-refractivity contribution in [3.8, 4) is 5.75 Å². The number of likely N-dealkylation sites (tertiary alicyclic amines) is 1. The fraction of sp³-hybridized carbons (Fsp3) is 0.667. The quantitative estimate of drug-likeness (QED) is 0.674. The van der Waals surface area contributed by atoms with Gasteiger partial charge >= 0.3 is 0 Å². The average Bonchev–Trinajstić information content (AvgIpc) is 3.24. The van der Waals surface area contributed by atoms with Gasteiger partial charge in [-0.3, -0.25) is 9.80 Å². The molecule has 0 saturated carbocycles. The molecule has 1 aromatic heterocycles. The highest BCUT2D eigenvalue weighted by atomic mass is 16.5. The van der Waals surface area contributed by atoms with Gasteiger partial charge in [-0.25, -0.2) is 0 Å². The van der Waals surface area contributed by atoms with Gasteiger partial charge < -0.3 is 14.0 Å². The van der Waals surface area contributed by atoms with Gasteiger partial charge in [0.25, 0.3) is 0 Å². The predicted octanol–water partition coefficient (Wildman–Crippen LogP) is 3.14. The third-order valence-electron chi connectivity index (χ3n) is 7.42. The van der Waals surface area contributed by atoms with Gasteiger partial charge in [0.2, 0.25) is 5.89 Å². The van der Waals surface area contributed by atoms with Crippen LogP contribution in [0.4, 0.5) is 0 Å². The molecule has 4 atom stereocenters. The largest absolute Gasteiger partial charge is 0.497 e. The normalized spacial score (nSPS) is 29.0. The van der Waals surface area contributed by atoms with Gasteiger partial charge in [0.05, 0.1) is 13.7 Å². The van der Waals surface area contributed by atoms with Crippen molar-refractivity contribution in [2.75, 3.05) is 33.9 Å². The Balaban J connectivity index is 1.34. The lowest BCUT2D eigenvalue weighted by molar-refractivity contribution is -0.0744. The summed E-state index contributed by atoms with van der Waals surface area (Å²) in [5, 5.41) is 4.04. The Bertz CT molecular complexity index is 872. The molecule has 0 N–H and O–H groups in total. The molecule has 7 heteroatoms. The molecule has 1 aromatic carbocycles. The van der Waals surface area contributed by atoms with E-state index in [-0.39, 0.29) is 0 Å². The first kappa shape index (κ1) is 20.9. The molecule has 0 radical (unpaired) electrons. The number of nitrogens with zero attached hydrogens (tertiary/aromatic N) is 4. The number of rotatable bonds is 7. The summed E-state index contributed by atoms with van der Waals surface area (Å²) < 4.78 is 16.1. The van der Waals surface area contributed by atoms with Gasteiger partial charge in [-0.05, 0) is 61.8 Å². The van der Waals surface area contributed by atoms with Crippen LogP contribution in [0.2, 0.25) is 0 Å². The zero-order valence-electron chi connectivity index (χ0n) is 18.7. The van der Waals surface area contributed by atoms with E-state index in [1.165, 1.54) is 37.8 Å². The van der Waals surface area contributed by atoms with Crippen LogP contribution in [0.15, 0.2) is 28.8 Å². The van der Waals surface area contributed by atoms with E-state index in [1.807, 2.05) is 6.07 Å². The Morgan fingerprint density at radius 2 is 2.06 bits per heavy atom. The van der Waals surface area contributed by atoms with Crippen molar-refractivity contribution in [3.05, 3.63) is 41.5 Å². The molecule has 3 aliphatic heterocycles. The van der Waals surface area contributed by atoms with Crippen LogP contribution >= 0.6 is 0 Å². The fourth-order valence-electron chi connectivity index (χ4n) is 6.19. The van der Waals surface area contributed by atoms with Crippen LogP contribution in [0.5, 0.6) is 5.75 Å². The van der Waals surface area contributed by atoms with Gasteiger partial charge in [0.15, 0.2) is 5.82 Å². The lowest BCUT2D eigenvalue weighted by Crippen LogP contribution is -2.63. The van der Waals surface area contributed by atoms with E-state index < -0.39 is 0 Å². The number of piperidine rings is 3. The minimum Gasteiger partial charge on any atom is -0.497 e. The second kappa shape index (κ2) is 9.27. The third-order valence-corrected chi connectivity index (χ3v) is 7.42. The summed E-state index contributed by atoms with van der Waals surface area (Å²) in [4.78, 5) is 9.92. The summed E-state index contributed by atoms with van der Waals surface area (Å²) >= 11 is 0. The maximum absolute atomic E-state index is 5.49. The van der Waals surface area contributed by atoms with E-state index in [1.54, 1.807) is 14.2 Å². The highest BCUT2D eigenvalue weighted by molar-refractivity contribution is 5.29. The highest BCUT2D eigenvalue weighted by Crippen LogP contribution is 2.42. The van der Waals surface area contributed by atoms with Crippen LogP contribution < -0.4 is 4.74 Å². The number of ether oxygens (including phenoxy) is 2. The second-order valence-electron chi connectivity index (χ2n) is 9.41. The summed E-state index contributed by atoms with van der Waals surface area (Å²) in [7, 11) is 3.40. The molecule has 7 nitrogen and oxygen atoms in total. The number of aromatic nitrogens is 2. The highest BCUT2D eigenvalue weighted by Gasteiger charge is 2.47. The van der Waals surface area contributed by atoms with E-state index in [9.17, 15) is 0 Å². The predicted molar refractivity (Wildman–Crippen MR) is 117 cm³/mol. The van der Waals surface area contributed by atoms with Crippen LogP contribution in [0.3, 0.4) is 0 Å². The molecular formula is C24H34N4O3. The van der Waals surface area contributed by atoms with Crippen molar-refractivity contribution in [2.45, 2.75) is 57.3 Å². The van der Waals surface area contributed by atoms with Crippen LogP contribution in [0.1, 0.15) is 43.0 Å². The zero-order chi connectivity index (χ0) is 21.2. The van der Waals surface area contributed by atoms with E-state index in [0.29, 0.717) is 36.3 Å². The van der Waals surface area contributed by atoms with Crippen molar-refractivity contribution < 1.29 is 14.0 Å². The Kier molecular flexibility index (Phi) is 6.25. The van der Waals surface area contributed by atoms with E-state index >= 15 is 0 Å². The summed E-state index contributed by atoms with van der Waals surface area (Å²) in [5.41, 5.74) is 1.38. The number of benzene rings is 1. The van der Waals surface area contributed by atoms with Crippen LogP contribution in [-0.2, 0) is 24.3 Å². The molecule has 0 aliphatic carbocycles. The molecule has 0 spiro atoms. The molecule has 2 bridgehead atoms. The minimum atomic E-state index is 0.397. The molecule has 3 saturated heterocycles. The van der Waals surface area contributed by atoms with E-state index in [0.717, 1.165) is 37.7 Å². The molecule has 3 fully saturated rings. The van der Waals surface area contributed by atoms with Gasteiger partial charge in [-0.1, -0.05) is 23.7 Å². The van der Waals surface area contributed by atoms with Crippen molar-refractivity contribution in [1.29, 1.82) is 0 Å². The molecule has 2 aromatic rings. The van der Waals surface area contributed by atoms with Crippen LogP contribution in [0.25, 0.3) is 0 Å². The van der Waals surface area contributed by atoms with Gasteiger partial charge in [-0.2, -0.15) is 4.98 Å². The van der Waals surface area contributed by atoms with Crippen molar-refractivity contribution in [1.82, 2.24) is 19.9 Å². The van der Waals surface area contributed by atoms with Crippen molar-refractivity contribution in [3.63, 3.8) is 0 Å². The summed E-state index contributed by atoms with van der Waals surface area (Å²) in [6.45, 7) is 4.61. The molecule has 31 heavy (non-hydrogen) atoms. The molecule has 168 valence electrons. The van der Waals surface area contributed by atoms with Gasteiger partial charge in [-0.15, -0.1) is 0 Å². The van der Waals surface area contributed by atoms with E-state index in [2.05, 4.69) is 38.1 Å². The summed E-state index contributed by atoms with van der Waals surface area (Å²) in [6.07, 6.45) is 6.46. The molecule has 3 aliphatic rings. The average molecular weight is 427 g/mol. The Morgan fingerprint density at radius 3 is 2.94 bits per heavy atom. The first-order valence-electron chi connectivity index (χ1n) is 11.6. The summed E-state index contributed by atoms with van der Waals surface area (Å²) in [6, 6.07) is 9.91. The first-order chi connectivity index (χ1) is 15.2. The van der Waals surface area contributed by atoms with Gasteiger partial charge in [0, 0.05) is 32.3 Å².